The van der Waals surface area contributed by atoms with E-state index in [1.807, 2.05) is 0 Å². The van der Waals surface area contributed by atoms with Gasteiger partial charge in [0, 0.05) is 0 Å². The van der Waals surface area contributed by atoms with Crippen LogP contribution in [0.25, 0.3) is 0 Å². The summed E-state index contributed by atoms with van der Waals surface area (Å²) in [5, 5.41) is 0. The summed E-state index contributed by atoms with van der Waals surface area (Å²) >= 11 is 2.99. The van der Waals surface area contributed by atoms with Crippen molar-refractivity contribution in [2.45, 2.75) is 0 Å². The van der Waals surface area contributed by atoms with Gasteiger partial charge in [-0.3, -0.25) is 0 Å². The van der Waals surface area contributed by atoms with Gasteiger partial charge in [-0.05, 0) is 28.1 Å². The van der Waals surface area contributed by atoms with Crippen LogP contribution in [-0.2, 0) is 0 Å². The first-order valence-electron chi connectivity index (χ1n) is 1.97. The van der Waals surface area contributed by atoms with Crippen LogP contribution >= 0.6 is 15.9 Å². The first-order valence-corrected chi connectivity index (χ1v) is 2.76. The van der Waals surface area contributed by atoms with Crippen molar-refractivity contribution in [2.75, 3.05) is 0 Å². The topological polar surface area (TPSA) is 78.1 Å². The highest BCUT2D eigenvalue weighted by Gasteiger charge is 1.74. The molecule has 0 aromatic heterocycles. The molecule has 0 heterocycles. The lowest BCUT2D eigenvalue weighted by Crippen LogP contribution is -2.06. The molecule has 0 fully saturated rings. The van der Waals surface area contributed by atoms with Gasteiger partial charge in [0.15, 0.2) is 0 Å². The first-order chi connectivity index (χ1) is 3.63. The zero-order valence-electron chi connectivity index (χ0n) is 4.26. The molecule has 0 aromatic carbocycles. The third kappa shape index (κ3) is 5.36. The number of nitrogens with two attached hydrogens (primary N) is 3. The van der Waals surface area contributed by atoms with E-state index in [4.69, 9.17) is 17.2 Å². The fraction of sp³-hybridized carbons (Fsp3) is 0. The van der Waals surface area contributed by atoms with Crippen LogP contribution in [0.1, 0.15) is 0 Å². The Labute approximate surface area is 56.3 Å². The van der Waals surface area contributed by atoms with Crippen molar-refractivity contribution >= 4 is 15.9 Å². The van der Waals surface area contributed by atoms with Crippen LogP contribution in [0.4, 0.5) is 0 Å². The number of hydrogen-bond donors (Lipinski definition) is 3. The van der Waals surface area contributed by atoms with Crippen LogP contribution in [0.2, 0.25) is 0 Å². The molecule has 0 bridgehead atoms. The number of rotatable bonds is 1. The van der Waals surface area contributed by atoms with Gasteiger partial charge in [0.25, 0.3) is 0 Å². The molecule has 0 aliphatic heterocycles. The van der Waals surface area contributed by atoms with Crippen LogP contribution in [0.15, 0.2) is 22.6 Å². The van der Waals surface area contributed by atoms with Gasteiger partial charge in [-0.15, -0.1) is 0 Å². The van der Waals surface area contributed by atoms with Crippen LogP contribution in [0.3, 0.4) is 0 Å². The van der Waals surface area contributed by atoms with E-state index in [0.717, 1.165) is 0 Å². The van der Waals surface area contributed by atoms with Gasteiger partial charge >= 0.3 is 0 Å². The second-order valence-electron chi connectivity index (χ2n) is 1.22. The molecule has 4 heteroatoms. The van der Waals surface area contributed by atoms with Crippen LogP contribution in [0, 0.1) is 0 Å². The summed E-state index contributed by atoms with van der Waals surface area (Å²) < 4.78 is 0.505. The van der Waals surface area contributed by atoms with E-state index in [-0.39, 0.29) is 5.82 Å². The zero-order chi connectivity index (χ0) is 6.57. The third-order valence-electron chi connectivity index (χ3n) is 0.435. The Balaban J connectivity index is 3.76. The summed E-state index contributed by atoms with van der Waals surface area (Å²) in [6, 6.07) is 0. The van der Waals surface area contributed by atoms with E-state index in [0.29, 0.717) is 4.61 Å². The molecule has 3 nitrogen and oxygen atoms in total. The maximum absolute atomic E-state index is 5.16. The molecule has 46 valence electrons. The van der Waals surface area contributed by atoms with Crippen molar-refractivity contribution in [1.29, 1.82) is 0 Å². The van der Waals surface area contributed by atoms with Gasteiger partial charge in [-0.1, -0.05) is 0 Å². The second kappa shape index (κ2) is 3.37. The van der Waals surface area contributed by atoms with E-state index < -0.39 is 0 Å². The summed E-state index contributed by atoms with van der Waals surface area (Å²) in [6.45, 7) is 0. The third-order valence-corrected chi connectivity index (χ3v) is 0.699. The Kier molecular flexibility index (Phi) is 3.10. The Bertz CT molecular complexity index is 103. The Morgan fingerprint density at radius 2 is 1.62 bits per heavy atom. The monoisotopic (exact) mass is 177 g/mol. The second-order valence-corrected chi connectivity index (χ2v) is 2.13. The lowest BCUT2D eigenvalue weighted by Gasteiger charge is -1.84. The summed E-state index contributed by atoms with van der Waals surface area (Å²) in [5.41, 5.74) is 15.3. The predicted molar refractivity (Wildman–Crippen MR) is 37.7 cm³/mol. The highest BCUT2D eigenvalue weighted by atomic mass is 79.9. The fourth-order valence-electron chi connectivity index (χ4n) is 0.176. The van der Waals surface area contributed by atoms with Crippen molar-refractivity contribution in [3.05, 3.63) is 22.6 Å². The molecule has 0 rings (SSSR count). The molecular formula is C4H8BrN3. The van der Waals surface area contributed by atoms with Gasteiger partial charge in [0.2, 0.25) is 0 Å². The molecule has 0 saturated heterocycles. The van der Waals surface area contributed by atoms with Gasteiger partial charge in [0.1, 0.15) is 0 Å². The van der Waals surface area contributed by atoms with Crippen LogP contribution < -0.4 is 17.2 Å². The quantitative estimate of drug-likeness (QED) is 0.388. The molecule has 0 aliphatic carbocycles. The van der Waals surface area contributed by atoms with E-state index in [1.165, 1.54) is 6.08 Å². The van der Waals surface area contributed by atoms with E-state index in [9.17, 15) is 0 Å². The van der Waals surface area contributed by atoms with Gasteiger partial charge in [0.05, 0.1) is 10.4 Å². The minimum absolute atomic E-state index is 0.243. The molecule has 0 aliphatic rings. The standard InChI is InChI=1S/C4H8BrN3/c5-3(6)1-2-4(7)8/h1-2H,6-8H2/b3-1-. The van der Waals surface area contributed by atoms with Crippen molar-refractivity contribution in [1.82, 2.24) is 0 Å². The SMILES string of the molecule is NC(N)=C/C=C(\N)Br. The van der Waals surface area contributed by atoms with Crippen LogP contribution in [0.5, 0.6) is 0 Å². The Morgan fingerprint density at radius 1 is 1.12 bits per heavy atom. The molecular weight excluding hydrogens is 170 g/mol. The molecule has 0 aromatic rings. The highest BCUT2D eigenvalue weighted by molar-refractivity contribution is 9.11. The van der Waals surface area contributed by atoms with E-state index in [1.54, 1.807) is 6.08 Å². The van der Waals surface area contributed by atoms with Gasteiger partial charge < -0.3 is 17.2 Å². The zero-order valence-corrected chi connectivity index (χ0v) is 5.85. The smallest absolute Gasteiger partial charge is 0.0934 e. The molecule has 6 N–H and O–H groups in total. The number of hydrogen-bond acceptors (Lipinski definition) is 3. The van der Waals surface area contributed by atoms with Crippen molar-refractivity contribution in [3.63, 3.8) is 0 Å². The summed E-state index contributed by atoms with van der Waals surface area (Å²) in [4.78, 5) is 0. The average Bonchev–Trinajstić information content (AvgIpc) is 1.61. The van der Waals surface area contributed by atoms with Crippen molar-refractivity contribution in [3.8, 4) is 0 Å². The fourth-order valence-corrected chi connectivity index (χ4v) is 0.308. The van der Waals surface area contributed by atoms with E-state index >= 15 is 0 Å². The van der Waals surface area contributed by atoms with Gasteiger partial charge in [-0.2, -0.15) is 0 Å². The minimum atomic E-state index is 0.243. The van der Waals surface area contributed by atoms with Crippen molar-refractivity contribution in [2.24, 2.45) is 17.2 Å². The molecule has 0 spiro atoms. The molecule has 0 saturated carbocycles. The molecule has 0 amide bonds. The Morgan fingerprint density at radius 3 is 1.75 bits per heavy atom. The maximum atomic E-state index is 5.16. The maximum Gasteiger partial charge on any atom is 0.0934 e. The predicted octanol–water partition coefficient (Wildman–Crippen LogP) is -0.0598. The number of halogens is 1. The minimum Gasteiger partial charge on any atom is -0.393 e. The summed E-state index contributed by atoms with van der Waals surface area (Å²) in [6.07, 6.45) is 3.07. The van der Waals surface area contributed by atoms with Gasteiger partial charge in [-0.25, -0.2) is 0 Å². The van der Waals surface area contributed by atoms with Crippen molar-refractivity contribution < 1.29 is 0 Å². The first kappa shape index (κ1) is 7.36. The van der Waals surface area contributed by atoms with Crippen LogP contribution in [-0.4, -0.2) is 0 Å². The Hall–Kier alpha value is -0.640. The molecule has 0 radical (unpaired) electrons. The lowest BCUT2D eigenvalue weighted by molar-refractivity contribution is 1.25. The molecule has 0 unspecified atom stereocenters. The molecule has 8 heavy (non-hydrogen) atoms. The number of allylic oxidation sites excluding steroid dienone is 2. The molecule has 0 atom stereocenters. The highest BCUT2D eigenvalue weighted by Crippen LogP contribution is 1.93. The lowest BCUT2D eigenvalue weighted by atomic mass is 10.5. The van der Waals surface area contributed by atoms with E-state index in [2.05, 4.69) is 15.9 Å². The largest absolute Gasteiger partial charge is 0.393 e. The average molecular weight is 178 g/mol. The summed E-state index contributed by atoms with van der Waals surface area (Å²) in [5.74, 6) is 0.243. The normalized spacial score (nSPS) is 10.9. The summed E-state index contributed by atoms with van der Waals surface area (Å²) in [7, 11) is 0.